The highest BCUT2D eigenvalue weighted by atomic mass is 19.4. The summed E-state index contributed by atoms with van der Waals surface area (Å²) in [6, 6.07) is 3.47. The van der Waals surface area contributed by atoms with Crippen LogP contribution >= 0.6 is 0 Å². The molecule has 0 aliphatic carbocycles. The van der Waals surface area contributed by atoms with Gasteiger partial charge in [0, 0.05) is 6.42 Å². The number of halogens is 3. The van der Waals surface area contributed by atoms with Gasteiger partial charge >= 0.3 is 18.1 Å². The Balaban J connectivity index is 2.36. The molecule has 8 nitrogen and oxygen atoms in total. The van der Waals surface area contributed by atoms with Gasteiger partial charge in [0.05, 0.1) is 44.7 Å². The Morgan fingerprint density at radius 1 is 1.23 bits per heavy atom. The van der Waals surface area contributed by atoms with Gasteiger partial charge in [0.15, 0.2) is 11.6 Å². The maximum atomic E-state index is 13.2. The van der Waals surface area contributed by atoms with Crippen molar-refractivity contribution in [1.82, 2.24) is 0 Å². The van der Waals surface area contributed by atoms with Crippen molar-refractivity contribution in [3.8, 4) is 5.75 Å². The Kier molecular flexibility index (Phi) is 7.09. The second-order valence-corrected chi connectivity index (χ2v) is 6.96. The highest BCUT2D eigenvalue weighted by Gasteiger charge is 2.45. The Hall–Kier alpha value is -2.66. The van der Waals surface area contributed by atoms with E-state index in [0.717, 1.165) is 19.2 Å². The molecule has 0 N–H and O–H groups in total. The van der Waals surface area contributed by atoms with Crippen LogP contribution in [-0.2, 0) is 23.8 Å². The first-order valence-corrected chi connectivity index (χ1v) is 8.86. The molecule has 1 unspecified atom stereocenters. The zero-order valence-corrected chi connectivity index (χ0v) is 16.9. The number of alkyl halides is 3. The summed E-state index contributed by atoms with van der Waals surface area (Å²) in [5.41, 5.74) is -0.786. The molecule has 166 valence electrons. The zero-order valence-electron chi connectivity index (χ0n) is 16.9. The molecular weight excluding hydrogens is 411 g/mol. The molecule has 1 atom stereocenters. The van der Waals surface area contributed by atoms with Gasteiger partial charge in [-0.3, -0.25) is 14.5 Å². The fourth-order valence-electron chi connectivity index (χ4n) is 2.93. The number of carbonyl (C=O) groups excluding carboxylic acids is 3. The second-order valence-electron chi connectivity index (χ2n) is 6.96. The Morgan fingerprint density at radius 2 is 1.90 bits per heavy atom. The minimum atomic E-state index is -5.28. The van der Waals surface area contributed by atoms with Crippen LogP contribution in [-0.4, -0.2) is 63.1 Å². The van der Waals surface area contributed by atoms with E-state index in [4.69, 9.17) is 14.2 Å². The topological polar surface area (TPSA) is 91.4 Å². The van der Waals surface area contributed by atoms with Gasteiger partial charge in [-0.25, -0.2) is 4.79 Å². The number of benzene rings is 1. The average Bonchev–Trinajstić information content (AvgIpc) is 3.01. The van der Waals surface area contributed by atoms with Crippen molar-refractivity contribution in [1.29, 1.82) is 0 Å². The lowest BCUT2D eigenvalue weighted by atomic mass is 10.1. The monoisotopic (exact) mass is 433 g/mol. The molecule has 1 aliphatic rings. The number of rotatable bonds is 7. The summed E-state index contributed by atoms with van der Waals surface area (Å²) in [5.74, 6) is -4.75. The van der Waals surface area contributed by atoms with Gasteiger partial charge in [0.1, 0.15) is 5.75 Å². The lowest BCUT2D eigenvalue weighted by Gasteiger charge is -2.25. The second kappa shape index (κ2) is 9.00. The third kappa shape index (κ3) is 5.70. The molecule has 0 aromatic heterocycles. The van der Waals surface area contributed by atoms with Crippen LogP contribution in [0.3, 0.4) is 0 Å². The zero-order chi connectivity index (χ0) is 22.7. The SMILES string of the molecule is COC(=O)c1cc(OC)ccc1N(CC(=O)CC1COC(C)(C)O1)C(=O)C(F)(F)F. The molecule has 11 heteroatoms. The smallest absolute Gasteiger partial charge is 0.471 e. The molecule has 1 saturated heterocycles. The summed E-state index contributed by atoms with van der Waals surface area (Å²) in [7, 11) is 2.33. The predicted octanol–water partition coefficient (Wildman–Crippen LogP) is 2.49. The Bertz CT molecular complexity index is 823. The van der Waals surface area contributed by atoms with Gasteiger partial charge in [-0.05, 0) is 32.0 Å². The van der Waals surface area contributed by atoms with Crippen molar-refractivity contribution >= 4 is 23.3 Å². The summed E-state index contributed by atoms with van der Waals surface area (Å²) in [6.07, 6.45) is -6.21. The van der Waals surface area contributed by atoms with Crippen LogP contribution in [0.4, 0.5) is 18.9 Å². The summed E-state index contributed by atoms with van der Waals surface area (Å²) in [4.78, 5) is 36.8. The van der Waals surface area contributed by atoms with E-state index in [9.17, 15) is 27.6 Å². The molecule has 30 heavy (non-hydrogen) atoms. The maximum absolute atomic E-state index is 13.2. The van der Waals surface area contributed by atoms with Crippen molar-refractivity contribution in [2.24, 2.45) is 0 Å². The van der Waals surface area contributed by atoms with Crippen molar-refractivity contribution in [2.75, 3.05) is 32.3 Å². The number of Topliss-reactive ketones (excluding diaryl/α,β-unsaturated/α-hetero) is 1. The van der Waals surface area contributed by atoms with Crippen molar-refractivity contribution in [2.45, 2.75) is 38.3 Å². The summed E-state index contributed by atoms with van der Waals surface area (Å²) >= 11 is 0. The standard InChI is InChI=1S/C19H22F3NO7/c1-18(2)29-10-13(30-18)7-11(24)9-23(17(26)19(20,21)22)15-6-5-12(27-3)8-14(15)16(25)28-4/h5-6,8,13H,7,9-10H2,1-4H3. The summed E-state index contributed by atoms with van der Waals surface area (Å²) in [6.45, 7) is 2.44. The van der Waals surface area contributed by atoms with Gasteiger partial charge in [-0.2, -0.15) is 13.2 Å². The molecule has 1 aliphatic heterocycles. The number of nitrogens with zero attached hydrogens (tertiary/aromatic N) is 1. The molecular formula is C19H22F3NO7. The van der Waals surface area contributed by atoms with Gasteiger partial charge in [-0.1, -0.05) is 0 Å². The van der Waals surface area contributed by atoms with Gasteiger partial charge < -0.3 is 18.9 Å². The molecule has 1 heterocycles. The van der Waals surface area contributed by atoms with E-state index in [0.29, 0.717) is 0 Å². The number of anilines is 1. The normalized spacial score (nSPS) is 18.0. The number of hydrogen-bond donors (Lipinski definition) is 0. The van der Waals surface area contributed by atoms with Gasteiger partial charge in [-0.15, -0.1) is 0 Å². The van der Waals surface area contributed by atoms with E-state index in [1.54, 1.807) is 13.8 Å². The van der Waals surface area contributed by atoms with Crippen LogP contribution in [0.25, 0.3) is 0 Å². The number of esters is 1. The number of amides is 1. The first kappa shape index (κ1) is 23.6. The Labute approximate surface area is 170 Å². The molecule has 1 fully saturated rings. The lowest BCUT2D eigenvalue weighted by Crippen LogP contribution is -2.45. The highest BCUT2D eigenvalue weighted by molar-refractivity contribution is 6.07. The number of carbonyl (C=O) groups is 3. The van der Waals surface area contributed by atoms with Crippen LogP contribution in [0.1, 0.15) is 30.6 Å². The first-order valence-electron chi connectivity index (χ1n) is 8.86. The van der Waals surface area contributed by atoms with Crippen LogP contribution in [0.2, 0.25) is 0 Å². The van der Waals surface area contributed by atoms with Crippen molar-refractivity contribution < 1.29 is 46.5 Å². The first-order chi connectivity index (χ1) is 13.9. The molecule has 0 saturated carbocycles. The fourth-order valence-corrected chi connectivity index (χ4v) is 2.93. The maximum Gasteiger partial charge on any atom is 0.471 e. The van der Waals surface area contributed by atoms with Crippen molar-refractivity contribution in [3.05, 3.63) is 23.8 Å². The van der Waals surface area contributed by atoms with Gasteiger partial charge in [0.25, 0.3) is 0 Å². The number of methoxy groups -OCH3 is 2. The largest absolute Gasteiger partial charge is 0.497 e. The number of ether oxygens (including phenoxy) is 4. The van der Waals surface area contributed by atoms with Crippen molar-refractivity contribution in [3.63, 3.8) is 0 Å². The number of hydrogen-bond acceptors (Lipinski definition) is 7. The fraction of sp³-hybridized carbons (Fsp3) is 0.526. The van der Waals surface area contributed by atoms with Crippen LogP contribution < -0.4 is 9.64 Å². The summed E-state index contributed by atoms with van der Waals surface area (Å²) in [5, 5.41) is 0. The van der Waals surface area contributed by atoms with Crippen LogP contribution in [0, 0.1) is 0 Å². The average molecular weight is 433 g/mol. The molecule has 1 aromatic rings. The molecule has 2 rings (SSSR count). The van der Waals surface area contributed by atoms with E-state index >= 15 is 0 Å². The minimum absolute atomic E-state index is 0.0852. The van der Waals surface area contributed by atoms with E-state index in [-0.39, 0.29) is 29.2 Å². The van der Waals surface area contributed by atoms with E-state index in [1.807, 2.05) is 0 Å². The number of ketones is 1. The third-order valence-corrected chi connectivity index (χ3v) is 4.24. The minimum Gasteiger partial charge on any atom is -0.497 e. The van der Waals surface area contributed by atoms with Gasteiger partial charge in [0.2, 0.25) is 0 Å². The predicted molar refractivity (Wildman–Crippen MR) is 97.3 cm³/mol. The third-order valence-electron chi connectivity index (χ3n) is 4.24. The quantitative estimate of drug-likeness (QED) is 0.610. The Morgan fingerprint density at radius 3 is 2.40 bits per heavy atom. The molecule has 1 amide bonds. The van der Waals surface area contributed by atoms with Crippen LogP contribution in [0.5, 0.6) is 5.75 Å². The molecule has 0 radical (unpaired) electrons. The highest BCUT2D eigenvalue weighted by Crippen LogP contribution is 2.31. The van der Waals surface area contributed by atoms with E-state index in [2.05, 4.69) is 4.74 Å². The lowest BCUT2D eigenvalue weighted by molar-refractivity contribution is -0.170. The molecule has 1 aromatic carbocycles. The van der Waals surface area contributed by atoms with E-state index < -0.39 is 48.0 Å². The van der Waals surface area contributed by atoms with Crippen LogP contribution in [0.15, 0.2) is 18.2 Å². The summed E-state index contributed by atoms with van der Waals surface area (Å²) < 4.78 is 60.0. The molecule has 0 bridgehead atoms. The molecule has 0 spiro atoms. The van der Waals surface area contributed by atoms with E-state index in [1.165, 1.54) is 13.2 Å².